The van der Waals surface area contributed by atoms with E-state index in [0.29, 0.717) is 40.5 Å². The molecule has 9 heteroatoms. The number of aldehydes is 1. The fourth-order valence-electron chi connectivity index (χ4n) is 3.22. The number of benzene rings is 2. The number of carbonyl (C=O) groups excluding carboxylic acids is 3. The summed E-state index contributed by atoms with van der Waals surface area (Å²) in [6.07, 6.45) is 1.38. The van der Waals surface area contributed by atoms with Crippen LogP contribution in [-0.2, 0) is 21.0 Å². The minimum absolute atomic E-state index is 0.254. The number of carbonyl (C=O) groups is 3. The third kappa shape index (κ3) is 5.68. The van der Waals surface area contributed by atoms with Crippen molar-refractivity contribution in [1.29, 1.82) is 0 Å². The molecule has 0 saturated carbocycles. The van der Waals surface area contributed by atoms with Crippen LogP contribution in [0.15, 0.2) is 47.5 Å². The molecule has 1 aliphatic heterocycles. The van der Waals surface area contributed by atoms with Gasteiger partial charge >= 0.3 is 0 Å². The molecule has 2 aromatic carbocycles. The van der Waals surface area contributed by atoms with E-state index in [4.69, 9.17) is 16.4 Å². The lowest BCUT2D eigenvalue weighted by molar-refractivity contribution is -0.136. The molecule has 1 aliphatic rings. The van der Waals surface area contributed by atoms with Crippen LogP contribution in [-0.4, -0.2) is 41.9 Å². The number of amidine groups is 1. The molecular weight excluding hydrogens is 420 g/mol. The Morgan fingerprint density at radius 1 is 1.32 bits per heavy atom. The predicted octanol–water partition coefficient (Wildman–Crippen LogP) is 3.48. The highest BCUT2D eigenvalue weighted by Crippen LogP contribution is 2.26. The minimum atomic E-state index is -0.497. The molecule has 0 aromatic heterocycles. The molecule has 0 radical (unpaired) electrons. The van der Waals surface area contributed by atoms with E-state index in [1.807, 2.05) is 12.1 Å². The molecule has 8 nitrogen and oxygen atoms in total. The second kappa shape index (κ2) is 10.2. The van der Waals surface area contributed by atoms with Crippen molar-refractivity contribution in [3.8, 4) is 0 Å². The average Bonchev–Trinajstić information content (AvgIpc) is 2.73. The molecule has 2 aromatic rings. The van der Waals surface area contributed by atoms with Gasteiger partial charge in [-0.25, -0.2) is 4.99 Å². The van der Waals surface area contributed by atoms with E-state index < -0.39 is 6.04 Å². The van der Waals surface area contributed by atoms with Crippen LogP contribution in [0.1, 0.15) is 35.7 Å². The quantitative estimate of drug-likeness (QED) is 0.224. The molecule has 1 atom stereocenters. The third-order valence-corrected chi connectivity index (χ3v) is 5.22. The van der Waals surface area contributed by atoms with E-state index in [1.165, 1.54) is 0 Å². The summed E-state index contributed by atoms with van der Waals surface area (Å²) in [5, 5.41) is 2.95. The Kier molecular flexibility index (Phi) is 7.38. The Hall–Kier alpha value is -3.23. The van der Waals surface area contributed by atoms with Crippen LogP contribution in [0.2, 0.25) is 5.02 Å². The molecule has 0 spiro atoms. The molecule has 0 aliphatic carbocycles. The van der Waals surface area contributed by atoms with E-state index >= 15 is 0 Å². The van der Waals surface area contributed by atoms with Gasteiger partial charge in [-0.3, -0.25) is 30.0 Å². The van der Waals surface area contributed by atoms with Gasteiger partial charge in [0.1, 0.15) is 11.9 Å². The fourth-order valence-corrected chi connectivity index (χ4v) is 3.43. The maximum absolute atomic E-state index is 12.1. The number of likely N-dealkylation sites (N-methyl/N-ethyl adjacent to an activating group) is 1. The molecular formula is C22H23ClN4O4. The number of anilines is 1. The van der Waals surface area contributed by atoms with Gasteiger partial charge in [-0.05, 0) is 43.2 Å². The lowest BCUT2D eigenvalue weighted by Crippen LogP contribution is -2.52. The zero-order chi connectivity index (χ0) is 22.4. The maximum Gasteiger partial charge on any atom is 0.249 e. The predicted molar refractivity (Wildman–Crippen MR) is 118 cm³/mol. The molecule has 162 valence electrons. The SMILES string of the molecule is CC(=Nc1cccc(NOCc2cccc(Cl)c2)c1C=O)N(C)C1CCC(=O)NC1=O. The van der Waals surface area contributed by atoms with Crippen LogP contribution in [0.5, 0.6) is 0 Å². The van der Waals surface area contributed by atoms with E-state index in [2.05, 4.69) is 15.8 Å². The molecule has 1 unspecified atom stereocenters. The van der Waals surface area contributed by atoms with E-state index in [1.54, 1.807) is 49.2 Å². The van der Waals surface area contributed by atoms with Crippen molar-refractivity contribution < 1.29 is 19.2 Å². The van der Waals surface area contributed by atoms with E-state index in [9.17, 15) is 14.4 Å². The number of piperidine rings is 1. The van der Waals surface area contributed by atoms with Crippen molar-refractivity contribution in [2.75, 3.05) is 12.5 Å². The number of nitrogens with one attached hydrogen (secondary N) is 2. The van der Waals surface area contributed by atoms with Gasteiger partial charge in [-0.2, -0.15) is 0 Å². The van der Waals surface area contributed by atoms with Crippen LogP contribution in [0, 0.1) is 0 Å². The van der Waals surface area contributed by atoms with Gasteiger partial charge in [-0.1, -0.05) is 29.8 Å². The molecule has 3 rings (SSSR count). The van der Waals surface area contributed by atoms with Crippen molar-refractivity contribution in [3.63, 3.8) is 0 Å². The second-order valence-corrected chi connectivity index (χ2v) is 7.55. The number of aliphatic imine (C=N–C) groups is 1. The summed E-state index contributed by atoms with van der Waals surface area (Å²) in [6.45, 7) is 2.00. The van der Waals surface area contributed by atoms with E-state index in [-0.39, 0.29) is 24.8 Å². The zero-order valence-corrected chi connectivity index (χ0v) is 18.0. The monoisotopic (exact) mass is 442 g/mol. The number of amides is 2. The first-order valence-corrected chi connectivity index (χ1v) is 10.1. The first-order valence-electron chi connectivity index (χ1n) is 9.71. The Balaban J connectivity index is 1.73. The number of hydrogen-bond acceptors (Lipinski definition) is 6. The van der Waals surface area contributed by atoms with Crippen molar-refractivity contribution in [1.82, 2.24) is 10.2 Å². The Morgan fingerprint density at radius 3 is 2.81 bits per heavy atom. The third-order valence-electron chi connectivity index (χ3n) is 4.98. The van der Waals surface area contributed by atoms with Gasteiger partial charge in [0.05, 0.1) is 23.5 Å². The minimum Gasteiger partial charge on any atom is -0.351 e. The molecule has 2 N–H and O–H groups in total. The van der Waals surface area contributed by atoms with Crippen molar-refractivity contribution >= 4 is 46.9 Å². The Morgan fingerprint density at radius 2 is 2.10 bits per heavy atom. The van der Waals surface area contributed by atoms with Gasteiger partial charge < -0.3 is 4.90 Å². The van der Waals surface area contributed by atoms with Gasteiger partial charge in [0.15, 0.2) is 6.29 Å². The second-order valence-electron chi connectivity index (χ2n) is 7.11. The summed E-state index contributed by atoms with van der Waals surface area (Å²) in [5.74, 6) is -0.0904. The normalized spacial score (nSPS) is 16.6. The fraction of sp³-hybridized carbons (Fsp3) is 0.273. The highest BCUT2D eigenvalue weighted by Gasteiger charge is 2.30. The number of hydrogen-bond donors (Lipinski definition) is 2. The number of nitrogens with zero attached hydrogens (tertiary/aromatic N) is 2. The average molecular weight is 443 g/mol. The summed E-state index contributed by atoms with van der Waals surface area (Å²) in [7, 11) is 1.73. The first kappa shape index (κ1) is 22.5. The largest absolute Gasteiger partial charge is 0.351 e. The Bertz CT molecular complexity index is 1020. The van der Waals surface area contributed by atoms with Crippen LogP contribution in [0.4, 0.5) is 11.4 Å². The topological polar surface area (TPSA) is 100 Å². The smallest absolute Gasteiger partial charge is 0.249 e. The standard InChI is InChI=1S/C22H23ClN4O4/c1-14(27(2)20-9-10-21(29)25-22(20)30)24-18-7-4-8-19(17(18)12-28)26-31-13-15-5-3-6-16(23)11-15/h3-8,11-12,20,26H,9-10,13H2,1-2H3,(H,25,29,30). The van der Waals surface area contributed by atoms with Gasteiger partial charge in [0.25, 0.3) is 0 Å². The zero-order valence-electron chi connectivity index (χ0n) is 17.2. The van der Waals surface area contributed by atoms with Crippen LogP contribution in [0.25, 0.3) is 0 Å². The molecule has 2 amide bonds. The number of halogens is 1. The summed E-state index contributed by atoms with van der Waals surface area (Å²) >= 11 is 5.97. The number of imide groups is 1. The molecule has 31 heavy (non-hydrogen) atoms. The maximum atomic E-state index is 12.1. The first-order chi connectivity index (χ1) is 14.9. The summed E-state index contributed by atoms with van der Waals surface area (Å²) < 4.78 is 0. The molecule has 0 bridgehead atoms. The van der Waals surface area contributed by atoms with Crippen molar-refractivity contribution in [2.45, 2.75) is 32.4 Å². The number of rotatable bonds is 7. The van der Waals surface area contributed by atoms with Gasteiger partial charge in [-0.15, -0.1) is 0 Å². The Labute approximate surface area is 185 Å². The van der Waals surface area contributed by atoms with Crippen molar-refractivity contribution in [3.05, 3.63) is 58.6 Å². The summed E-state index contributed by atoms with van der Waals surface area (Å²) in [4.78, 5) is 47.0. The van der Waals surface area contributed by atoms with Gasteiger partial charge in [0.2, 0.25) is 11.8 Å². The lowest BCUT2D eigenvalue weighted by Gasteiger charge is -2.31. The molecule has 1 fully saturated rings. The van der Waals surface area contributed by atoms with Crippen LogP contribution in [0.3, 0.4) is 0 Å². The molecule has 1 saturated heterocycles. The van der Waals surface area contributed by atoms with Crippen LogP contribution < -0.4 is 10.8 Å². The molecule has 1 heterocycles. The van der Waals surface area contributed by atoms with Crippen molar-refractivity contribution in [2.24, 2.45) is 4.99 Å². The lowest BCUT2D eigenvalue weighted by atomic mass is 10.0. The summed E-state index contributed by atoms with van der Waals surface area (Å²) in [6, 6.07) is 11.9. The van der Waals surface area contributed by atoms with E-state index in [0.717, 1.165) is 5.56 Å². The highest BCUT2D eigenvalue weighted by molar-refractivity contribution is 6.30. The highest BCUT2D eigenvalue weighted by atomic mass is 35.5. The van der Waals surface area contributed by atoms with Crippen LogP contribution >= 0.6 is 11.6 Å². The summed E-state index contributed by atoms with van der Waals surface area (Å²) in [5.41, 5.74) is 4.89. The van der Waals surface area contributed by atoms with Gasteiger partial charge in [0, 0.05) is 18.5 Å².